The number of nitrogens with two attached hydrogens (primary N) is 1. The van der Waals surface area contributed by atoms with Gasteiger partial charge in [-0.1, -0.05) is 31.9 Å². The number of esters is 1. The molecule has 3 aliphatic rings. The molecule has 4 heterocycles. The molecule has 6 rings (SSSR count). The second kappa shape index (κ2) is 15.0. The van der Waals surface area contributed by atoms with Gasteiger partial charge in [0.25, 0.3) is 5.91 Å². The van der Waals surface area contributed by atoms with Crippen molar-refractivity contribution in [2.75, 3.05) is 32.1 Å². The second-order valence-corrected chi connectivity index (χ2v) is 14.6. The Morgan fingerprint density at radius 1 is 1.17 bits per heavy atom. The first-order chi connectivity index (χ1) is 23.2. The average molecular weight is 685 g/mol. The van der Waals surface area contributed by atoms with Gasteiger partial charge in [-0.25, -0.2) is 9.78 Å². The van der Waals surface area contributed by atoms with Crippen molar-refractivity contribution in [2.45, 2.75) is 52.9 Å². The van der Waals surface area contributed by atoms with Gasteiger partial charge in [0.15, 0.2) is 0 Å². The predicted octanol–water partition coefficient (Wildman–Crippen LogP) is 6.47. The third-order valence-electron chi connectivity index (χ3n) is 9.20. The average Bonchev–Trinajstić information content (AvgIpc) is 3.76. The zero-order valence-electron chi connectivity index (χ0n) is 27.8. The fourth-order valence-corrected chi connectivity index (χ4v) is 8.42. The molecule has 3 aromatic rings. The number of thiophene rings is 1. The maximum absolute atomic E-state index is 13.2. The summed E-state index contributed by atoms with van der Waals surface area (Å²) in [6, 6.07) is 9.81. The van der Waals surface area contributed by atoms with Crippen molar-refractivity contribution in [1.82, 2.24) is 9.88 Å². The van der Waals surface area contributed by atoms with Crippen LogP contribution in [0.2, 0.25) is 0 Å². The number of rotatable bonds is 8. The largest absolute Gasteiger partial charge is 0.465 e. The standard InChI is InChI=1S/C36H41N7O3S2/c1-21-5-7-24(8-6-21)29-17-43(18-32(37)42-36-39-22(2)15-23(3)40-36)14-13-27(29)28-16-31(48-33(28)35(45)46-4)25-9-11-26(12-10-25)41-34(44)30-19-47-20-38-30/h9-12,15-16,19-21,24H,5-8,13-14,17-18H2,1-4H3,(H,41,44)(H2,37,39,40,42)/p+1. The summed E-state index contributed by atoms with van der Waals surface area (Å²) in [4.78, 5) is 42.7. The minimum Gasteiger partial charge on any atom is -0.465 e. The van der Waals surface area contributed by atoms with E-state index in [2.05, 4.69) is 38.2 Å². The van der Waals surface area contributed by atoms with Crippen molar-refractivity contribution >= 4 is 63.3 Å². The van der Waals surface area contributed by atoms with Crippen LogP contribution in [0.5, 0.6) is 0 Å². The number of anilines is 1. The fraction of sp³-hybridized carbons (Fsp3) is 0.389. The summed E-state index contributed by atoms with van der Waals surface area (Å²) < 4.78 is 5.30. The van der Waals surface area contributed by atoms with Crippen molar-refractivity contribution in [3.05, 3.63) is 74.7 Å². The molecule has 48 heavy (non-hydrogen) atoms. The van der Waals surface area contributed by atoms with E-state index in [-0.39, 0.29) is 11.9 Å². The molecule has 12 heteroatoms. The van der Waals surface area contributed by atoms with Crippen molar-refractivity contribution in [3.63, 3.8) is 0 Å². The van der Waals surface area contributed by atoms with E-state index in [0.717, 1.165) is 65.7 Å². The van der Waals surface area contributed by atoms with Gasteiger partial charge in [-0.2, -0.15) is 9.98 Å². The quantitative estimate of drug-likeness (QED) is 0.142. The van der Waals surface area contributed by atoms with Crippen LogP contribution < -0.4 is 10.6 Å². The van der Waals surface area contributed by atoms with Crippen molar-refractivity contribution < 1.29 is 19.6 Å². The Bertz CT molecular complexity index is 1810. The molecule has 1 saturated carbocycles. The molecule has 0 spiro atoms. The lowest BCUT2D eigenvalue weighted by atomic mass is 9.75. The van der Waals surface area contributed by atoms with E-state index < -0.39 is 0 Å². The van der Waals surface area contributed by atoms with Crippen LogP contribution in [0.25, 0.3) is 16.0 Å². The number of nitrogens with zero attached hydrogens (tertiary/aromatic N) is 4. The minimum absolute atomic E-state index is 0.246. The zero-order chi connectivity index (χ0) is 33.8. The molecule has 2 aromatic heterocycles. The van der Waals surface area contributed by atoms with Gasteiger partial charge in [0, 0.05) is 47.6 Å². The van der Waals surface area contributed by atoms with E-state index in [1.165, 1.54) is 53.8 Å². The van der Waals surface area contributed by atoms with E-state index in [9.17, 15) is 9.59 Å². The van der Waals surface area contributed by atoms with Crippen molar-refractivity contribution in [1.29, 1.82) is 5.41 Å². The molecule has 2 aliphatic heterocycles. The number of guanidine groups is 1. The molecular weight excluding hydrogens is 643 g/mol. The number of allylic oxidation sites excluding steroid dienone is 2. The second-order valence-electron chi connectivity index (χ2n) is 12.9. The van der Waals surface area contributed by atoms with Gasteiger partial charge in [0.1, 0.15) is 22.1 Å². The summed E-state index contributed by atoms with van der Waals surface area (Å²) in [7, 11) is 1.44. The first-order valence-corrected chi connectivity index (χ1v) is 18.1. The number of aliphatic imine (C=N–C) groups is 2. The number of hydrogen-bond acceptors (Lipinski definition) is 8. The SMILES string of the molecule is COC(=O)c1sc(-c2ccc(NC(=O)c3cscn3)cc2)cc1C1=C(C2CCC(C)CC2)CN(CC(=N)N=C2N=C(C)C=C(C)[NH2+]2)CC1. The van der Waals surface area contributed by atoms with Crippen LogP contribution in [0.1, 0.15) is 78.6 Å². The number of benzene rings is 1. The highest BCUT2D eigenvalue weighted by Gasteiger charge is 2.32. The number of thiazole rings is 1. The third-order valence-corrected chi connectivity index (χ3v) is 10.9. The number of amides is 1. The molecule has 1 amide bonds. The molecule has 1 aliphatic carbocycles. The summed E-state index contributed by atoms with van der Waals surface area (Å²) in [6.07, 6.45) is 7.42. The van der Waals surface area contributed by atoms with E-state index in [1.54, 1.807) is 10.9 Å². The van der Waals surface area contributed by atoms with Gasteiger partial charge in [-0.05, 0) is 72.9 Å². The lowest BCUT2D eigenvalue weighted by molar-refractivity contribution is -0.486. The molecule has 0 saturated heterocycles. The molecule has 0 unspecified atom stereocenters. The predicted molar refractivity (Wildman–Crippen MR) is 194 cm³/mol. The van der Waals surface area contributed by atoms with Gasteiger partial charge in [0.2, 0.25) is 0 Å². The zero-order valence-corrected chi connectivity index (χ0v) is 29.5. The van der Waals surface area contributed by atoms with Gasteiger partial charge in [-0.3, -0.25) is 20.4 Å². The number of aromatic nitrogens is 1. The maximum atomic E-state index is 13.2. The van der Waals surface area contributed by atoms with Gasteiger partial charge < -0.3 is 10.1 Å². The van der Waals surface area contributed by atoms with E-state index in [0.29, 0.717) is 40.5 Å². The maximum Gasteiger partial charge on any atom is 0.348 e. The van der Waals surface area contributed by atoms with Crippen LogP contribution in [-0.2, 0) is 4.74 Å². The van der Waals surface area contributed by atoms with E-state index in [1.807, 2.05) is 49.5 Å². The first kappa shape index (κ1) is 33.8. The molecule has 0 atom stereocenters. The molecule has 0 bridgehead atoms. The Morgan fingerprint density at radius 2 is 1.94 bits per heavy atom. The number of methoxy groups -OCH3 is 1. The van der Waals surface area contributed by atoms with Gasteiger partial charge >= 0.3 is 11.9 Å². The third kappa shape index (κ3) is 7.95. The highest BCUT2D eigenvalue weighted by Crippen LogP contribution is 2.44. The molecule has 250 valence electrons. The first-order valence-electron chi connectivity index (χ1n) is 16.4. The number of nitrogens with one attached hydrogen (secondary N) is 2. The van der Waals surface area contributed by atoms with Crippen LogP contribution in [0, 0.1) is 17.2 Å². The Hall–Kier alpha value is -4.10. The number of carbonyl (C=O) groups excluding carboxylic acids is 2. The lowest BCUT2D eigenvalue weighted by Crippen LogP contribution is -2.86. The van der Waals surface area contributed by atoms with Gasteiger partial charge in [-0.15, -0.1) is 22.7 Å². The smallest absolute Gasteiger partial charge is 0.348 e. The van der Waals surface area contributed by atoms with Crippen LogP contribution >= 0.6 is 22.7 Å². The Kier molecular flexibility index (Phi) is 10.5. The summed E-state index contributed by atoms with van der Waals surface area (Å²) in [5.41, 5.74) is 9.21. The molecule has 1 fully saturated rings. The highest BCUT2D eigenvalue weighted by molar-refractivity contribution is 7.17. The monoisotopic (exact) mass is 684 g/mol. The van der Waals surface area contributed by atoms with Crippen LogP contribution in [0.4, 0.5) is 5.69 Å². The molecule has 4 N–H and O–H groups in total. The molecule has 0 radical (unpaired) electrons. The Morgan fingerprint density at radius 3 is 2.62 bits per heavy atom. The number of quaternary nitrogens is 1. The molecule has 1 aromatic carbocycles. The Balaban J connectivity index is 1.28. The summed E-state index contributed by atoms with van der Waals surface area (Å²) in [6.45, 7) is 8.24. The van der Waals surface area contributed by atoms with Crippen LogP contribution in [0.15, 0.2) is 68.6 Å². The fourth-order valence-electron chi connectivity index (χ4n) is 6.77. The van der Waals surface area contributed by atoms with E-state index in [4.69, 9.17) is 10.1 Å². The van der Waals surface area contributed by atoms with Gasteiger partial charge in [0.05, 0.1) is 24.9 Å². The van der Waals surface area contributed by atoms with Crippen molar-refractivity contribution in [2.24, 2.45) is 21.8 Å². The summed E-state index contributed by atoms with van der Waals surface area (Å²) in [5.74, 6) is 1.45. The molecule has 10 nitrogen and oxygen atoms in total. The number of ether oxygens (including phenoxy) is 1. The normalized spacial score (nSPS) is 21.1. The lowest BCUT2D eigenvalue weighted by Gasteiger charge is -2.37. The number of carbonyl (C=O) groups is 2. The Labute approximate surface area is 289 Å². The number of hydrogen-bond donors (Lipinski definition) is 3. The highest BCUT2D eigenvalue weighted by atomic mass is 32.1. The van der Waals surface area contributed by atoms with E-state index >= 15 is 0 Å². The minimum atomic E-state index is -0.332. The van der Waals surface area contributed by atoms with Crippen LogP contribution in [0.3, 0.4) is 0 Å². The van der Waals surface area contributed by atoms with Crippen LogP contribution in [-0.4, -0.2) is 66.0 Å². The summed E-state index contributed by atoms with van der Waals surface area (Å²) >= 11 is 2.83. The molecular formula is C36H42N7O3S2+. The number of amidine groups is 1. The van der Waals surface area contributed by atoms with Crippen molar-refractivity contribution in [3.8, 4) is 10.4 Å². The summed E-state index contributed by atoms with van der Waals surface area (Å²) in [5, 5.41) is 15.2. The topological polar surface area (TPSA) is 137 Å².